The van der Waals surface area contributed by atoms with Gasteiger partial charge in [0.05, 0.1) is 16.2 Å². The van der Waals surface area contributed by atoms with Crippen LogP contribution in [0.2, 0.25) is 0 Å². The number of nitro groups is 1. The van der Waals surface area contributed by atoms with Crippen LogP contribution in [-0.2, 0) is 76.0 Å². The summed E-state index contributed by atoms with van der Waals surface area (Å²) in [5.41, 5.74) is 1.61. The molecule has 314 valence electrons. The van der Waals surface area contributed by atoms with Crippen molar-refractivity contribution in [3.05, 3.63) is 142 Å². The summed E-state index contributed by atoms with van der Waals surface area (Å²) in [6.45, 7) is 7.61. The van der Waals surface area contributed by atoms with Crippen molar-refractivity contribution in [2.24, 2.45) is 0 Å². The number of para-hydroxylation sites is 2. The van der Waals surface area contributed by atoms with Gasteiger partial charge in [-0.3, -0.25) is 14.4 Å². The Bertz CT molecular complexity index is 1250. The molecule has 0 aliphatic carbocycles. The van der Waals surface area contributed by atoms with Crippen molar-refractivity contribution in [2.75, 3.05) is 4.31 Å². The molecule has 3 rings (SSSR count). The Labute approximate surface area is 344 Å². The SMILES string of the molecule is CC(C)N(c1ccccc1-c1cccc[n+]1C(C)C)S(=O)(=O)c1ccccc1[N+](=O)[O-].O.O.O.O.O.O.O.[CH3-].[CH3-].[CH3-].[CH3-].[CH3-].[CH3-].[CH3-].[CH3-].[Ni+2].[Ni+2].[Ni+2].[Ni+2]. The van der Waals surface area contributed by atoms with Gasteiger partial charge in [-0.15, -0.1) is 0 Å². The topological polar surface area (TPSA) is 305 Å². The van der Waals surface area contributed by atoms with Gasteiger partial charge in [0.1, 0.15) is 0 Å². The fourth-order valence-electron chi connectivity index (χ4n) is 3.63. The van der Waals surface area contributed by atoms with Crippen LogP contribution in [0.25, 0.3) is 11.3 Å². The molecule has 0 atom stereocenters. The van der Waals surface area contributed by atoms with Crippen molar-refractivity contribution in [2.45, 2.75) is 44.7 Å². The first kappa shape index (κ1) is 110. The summed E-state index contributed by atoms with van der Waals surface area (Å²) >= 11 is 0. The summed E-state index contributed by atoms with van der Waals surface area (Å²) in [5, 5.41) is 11.5. The van der Waals surface area contributed by atoms with E-state index in [-0.39, 0.29) is 175 Å². The van der Waals surface area contributed by atoms with E-state index >= 15 is 0 Å². The first-order valence-electron chi connectivity index (χ1n) is 10.0. The first-order valence-corrected chi connectivity index (χ1v) is 11.5. The Balaban J connectivity index is -0.0000000382. The normalized spacial score (nSPS) is 7.24. The van der Waals surface area contributed by atoms with Crippen molar-refractivity contribution in [3.8, 4) is 11.3 Å². The summed E-state index contributed by atoms with van der Waals surface area (Å²) < 4.78 is 30.8. The van der Waals surface area contributed by atoms with E-state index in [2.05, 4.69) is 18.4 Å². The first-order chi connectivity index (χ1) is 14.7. The molecule has 0 radical (unpaired) electrons. The molecule has 0 aliphatic heterocycles. The van der Waals surface area contributed by atoms with Crippen LogP contribution in [0, 0.1) is 69.5 Å². The fraction of sp³-hybridized carbons (Fsp3) is 0.194. The molecule has 0 spiro atoms. The fourth-order valence-corrected chi connectivity index (χ4v) is 5.48. The van der Waals surface area contributed by atoms with E-state index in [0.717, 1.165) is 11.3 Å². The Morgan fingerprint density at radius 1 is 0.620 bits per heavy atom. The van der Waals surface area contributed by atoms with E-state index in [1.54, 1.807) is 26.0 Å². The minimum Gasteiger partial charge on any atom is -0.412 e. The molecule has 0 bridgehead atoms. The van der Waals surface area contributed by atoms with Crippen LogP contribution in [0.1, 0.15) is 33.7 Å². The second-order valence-corrected chi connectivity index (χ2v) is 9.51. The van der Waals surface area contributed by atoms with Crippen LogP contribution in [-0.4, -0.2) is 57.7 Å². The largest absolute Gasteiger partial charge is 2.00 e. The number of pyridine rings is 1. The third-order valence-corrected chi connectivity index (χ3v) is 6.97. The van der Waals surface area contributed by atoms with E-state index < -0.39 is 26.7 Å². The van der Waals surface area contributed by atoms with Crippen LogP contribution < -0.4 is 8.87 Å². The standard InChI is InChI=1S/C23H26N3O4S.8CH3.4Ni.7H2O/c1-17(2)24-16-10-9-12-20(24)19-11-5-6-13-21(19)25(18(3)4)31(29,30)23-15-8-7-14-22(23)26(27)28;;;;;;;;;;;;;;;;;;;/h5-18H,1-4H3;8*1H3;;;;;7*1H2/q+1;8*-1;4*+2;;;;;;;. The van der Waals surface area contributed by atoms with Gasteiger partial charge in [0.25, 0.3) is 15.7 Å². The number of sulfonamides is 1. The maximum absolute atomic E-state index is 13.7. The second kappa shape index (κ2) is 47.4. The van der Waals surface area contributed by atoms with Gasteiger partial charge >= 0.3 is 66.0 Å². The van der Waals surface area contributed by atoms with E-state index in [4.69, 9.17) is 0 Å². The summed E-state index contributed by atoms with van der Waals surface area (Å²) in [5.74, 6) is 0. The van der Waals surface area contributed by atoms with Crippen molar-refractivity contribution in [1.29, 1.82) is 0 Å². The quantitative estimate of drug-likeness (QED) is 0.113. The van der Waals surface area contributed by atoms with E-state index in [0.29, 0.717) is 5.69 Å². The molecule has 0 saturated carbocycles. The molecule has 0 fully saturated rings. The van der Waals surface area contributed by atoms with Crippen molar-refractivity contribution < 1.29 is 122 Å². The smallest absolute Gasteiger partial charge is 0.412 e. The third-order valence-electron chi connectivity index (χ3n) is 4.93. The summed E-state index contributed by atoms with van der Waals surface area (Å²) in [6.07, 6.45) is 1.95. The van der Waals surface area contributed by atoms with Gasteiger partial charge in [-0.05, 0) is 52.0 Å². The maximum Gasteiger partial charge on any atom is 2.00 e. The van der Waals surface area contributed by atoms with Crippen LogP contribution >= 0.6 is 0 Å². The Kier molecular flexibility index (Phi) is 105. The predicted octanol–water partition coefficient (Wildman–Crippen LogP) is 2.55. The summed E-state index contributed by atoms with van der Waals surface area (Å²) in [7, 11) is -4.21. The number of rotatable bonds is 7. The van der Waals surface area contributed by atoms with E-state index in [9.17, 15) is 18.5 Å². The Hall–Kier alpha value is -1.57. The van der Waals surface area contributed by atoms with Crippen molar-refractivity contribution in [3.63, 3.8) is 0 Å². The molecule has 14 N–H and O–H groups in total. The minimum absolute atomic E-state index is 0. The monoisotopic (exact) mass is 918 g/mol. The molecule has 1 aromatic heterocycles. The van der Waals surface area contributed by atoms with E-state index in [1.165, 1.54) is 28.6 Å². The number of nitro benzene ring substituents is 1. The summed E-state index contributed by atoms with van der Waals surface area (Å²) in [6, 6.07) is 18.1. The number of nitrogens with zero attached hydrogens (tertiary/aromatic N) is 3. The van der Waals surface area contributed by atoms with Crippen LogP contribution in [0.3, 0.4) is 0 Å². The average molecular weight is 922 g/mol. The minimum atomic E-state index is -4.21. The molecule has 14 nitrogen and oxygen atoms in total. The van der Waals surface area contributed by atoms with Gasteiger partial charge < -0.3 is 97.7 Å². The molecule has 2 aromatic carbocycles. The number of hydrogen-bond acceptors (Lipinski definition) is 4. The average Bonchev–Trinajstić information content (AvgIpc) is 2.73. The van der Waals surface area contributed by atoms with Crippen molar-refractivity contribution >= 4 is 21.4 Å². The molecule has 0 aliphatic rings. The van der Waals surface area contributed by atoms with Crippen LogP contribution in [0.4, 0.5) is 11.4 Å². The third kappa shape index (κ3) is 23.8. The Morgan fingerprint density at radius 3 is 1.40 bits per heavy atom. The van der Waals surface area contributed by atoms with Gasteiger partial charge in [0, 0.05) is 24.2 Å². The van der Waals surface area contributed by atoms with Gasteiger partial charge in [-0.1, -0.05) is 24.3 Å². The zero-order chi connectivity index (χ0) is 22.8. The molecule has 0 saturated heterocycles. The maximum atomic E-state index is 13.7. The summed E-state index contributed by atoms with van der Waals surface area (Å²) in [4.78, 5) is 10.5. The molecule has 1 heterocycles. The zero-order valence-corrected chi connectivity index (χ0v) is 35.5. The molecule has 0 amide bonds. The Morgan fingerprint density at radius 2 is 1.00 bits per heavy atom. The van der Waals surface area contributed by atoms with Gasteiger partial charge in [0.2, 0.25) is 5.69 Å². The van der Waals surface area contributed by atoms with Gasteiger partial charge in [0.15, 0.2) is 17.1 Å². The second-order valence-electron chi connectivity index (χ2n) is 7.72. The van der Waals surface area contributed by atoms with Gasteiger partial charge in [-0.25, -0.2) is 8.42 Å². The molecule has 3 aromatic rings. The van der Waals surface area contributed by atoms with Crippen molar-refractivity contribution in [1.82, 2.24) is 0 Å². The number of hydrogen-bond donors (Lipinski definition) is 0. The molecular weight excluding hydrogens is 857 g/mol. The van der Waals surface area contributed by atoms with Crippen LogP contribution in [0.15, 0.2) is 77.8 Å². The van der Waals surface area contributed by atoms with Gasteiger partial charge in [-0.2, -0.15) is 4.57 Å². The number of anilines is 1. The zero-order valence-electron chi connectivity index (χ0n) is 30.7. The number of aromatic nitrogens is 1. The number of benzene rings is 2. The van der Waals surface area contributed by atoms with Crippen LogP contribution in [0.5, 0.6) is 0 Å². The molecule has 0 unspecified atom stereocenters. The molecule has 50 heavy (non-hydrogen) atoms. The molecular formula is C31H64N3Ni4O11S+. The predicted molar refractivity (Wildman–Crippen MR) is 197 cm³/mol. The van der Waals surface area contributed by atoms with E-state index in [1.807, 2.05) is 36.5 Å². The molecule has 19 heteroatoms.